The molecule has 13 heavy (non-hydrogen) atoms. The fraction of sp³-hybridized carbons (Fsp3) is 0.778. The van der Waals surface area contributed by atoms with Gasteiger partial charge >= 0.3 is 0 Å². The molecular formula is C9H18N4. The van der Waals surface area contributed by atoms with E-state index in [1.54, 1.807) is 0 Å². The Morgan fingerprint density at radius 1 is 1.54 bits per heavy atom. The lowest BCUT2D eigenvalue weighted by Crippen LogP contribution is -2.09. The molecule has 74 valence electrons. The lowest BCUT2D eigenvalue weighted by atomic mass is 10.2. The summed E-state index contributed by atoms with van der Waals surface area (Å²) in [6.07, 6.45) is 1.90. The van der Waals surface area contributed by atoms with Gasteiger partial charge in [-0.1, -0.05) is 12.1 Å². The van der Waals surface area contributed by atoms with Crippen molar-refractivity contribution in [3.63, 3.8) is 0 Å². The van der Waals surface area contributed by atoms with Gasteiger partial charge in [0.2, 0.25) is 0 Å². The van der Waals surface area contributed by atoms with Crippen LogP contribution in [-0.4, -0.2) is 21.5 Å². The molecular weight excluding hydrogens is 164 g/mol. The van der Waals surface area contributed by atoms with Crippen LogP contribution in [0.1, 0.15) is 37.7 Å². The highest BCUT2D eigenvalue weighted by Gasteiger charge is 2.11. The molecule has 0 radical (unpaired) electrons. The summed E-state index contributed by atoms with van der Waals surface area (Å²) >= 11 is 0. The zero-order valence-electron chi connectivity index (χ0n) is 8.62. The zero-order chi connectivity index (χ0) is 9.84. The quantitative estimate of drug-likeness (QED) is 0.757. The Labute approximate surface area is 79.1 Å². The monoisotopic (exact) mass is 182 g/mol. The molecule has 0 saturated heterocycles. The van der Waals surface area contributed by atoms with Crippen LogP contribution in [0.5, 0.6) is 0 Å². The van der Waals surface area contributed by atoms with Crippen LogP contribution < -0.4 is 5.73 Å². The van der Waals surface area contributed by atoms with Gasteiger partial charge in [-0.15, -0.1) is 5.10 Å². The highest BCUT2D eigenvalue weighted by molar-refractivity contribution is 5.08. The van der Waals surface area contributed by atoms with Crippen molar-refractivity contribution in [1.29, 1.82) is 0 Å². The molecule has 1 aromatic rings. The smallest absolute Gasteiger partial charge is 0.0868 e. The lowest BCUT2D eigenvalue weighted by molar-refractivity contribution is 0.455. The van der Waals surface area contributed by atoms with Crippen LogP contribution in [0.15, 0.2) is 0 Å². The van der Waals surface area contributed by atoms with Gasteiger partial charge in [0.05, 0.1) is 17.4 Å². The van der Waals surface area contributed by atoms with Crippen molar-refractivity contribution in [1.82, 2.24) is 15.0 Å². The van der Waals surface area contributed by atoms with E-state index in [9.17, 15) is 0 Å². The Morgan fingerprint density at radius 3 is 2.77 bits per heavy atom. The summed E-state index contributed by atoms with van der Waals surface area (Å²) in [5.74, 6) is 0. The maximum absolute atomic E-state index is 5.47. The van der Waals surface area contributed by atoms with Crippen molar-refractivity contribution in [3.8, 4) is 0 Å². The molecule has 1 rings (SSSR count). The Bertz CT molecular complexity index is 267. The van der Waals surface area contributed by atoms with Crippen LogP contribution in [0.4, 0.5) is 0 Å². The van der Waals surface area contributed by atoms with E-state index < -0.39 is 0 Å². The minimum Gasteiger partial charge on any atom is -0.330 e. The lowest BCUT2D eigenvalue weighted by Gasteiger charge is -2.10. The van der Waals surface area contributed by atoms with Gasteiger partial charge in [0.1, 0.15) is 0 Å². The van der Waals surface area contributed by atoms with Gasteiger partial charge < -0.3 is 5.73 Å². The summed E-state index contributed by atoms with van der Waals surface area (Å²) in [5.41, 5.74) is 7.65. The normalized spacial score (nSPS) is 13.2. The van der Waals surface area contributed by atoms with Crippen LogP contribution in [0.25, 0.3) is 0 Å². The predicted octanol–water partition coefficient (Wildman–Crippen LogP) is 1.06. The summed E-state index contributed by atoms with van der Waals surface area (Å²) < 4.78 is 1.98. The minimum atomic E-state index is 0.430. The van der Waals surface area contributed by atoms with Gasteiger partial charge in [0.25, 0.3) is 0 Å². The second-order valence-corrected chi connectivity index (χ2v) is 3.36. The van der Waals surface area contributed by atoms with E-state index in [1.165, 1.54) is 0 Å². The third-order valence-corrected chi connectivity index (χ3v) is 2.41. The van der Waals surface area contributed by atoms with E-state index in [0.29, 0.717) is 12.6 Å². The van der Waals surface area contributed by atoms with E-state index in [4.69, 9.17) is 5.73 Å². The Balaban J connectivity index is 2.85. The maximum atomic E-state index is 5.47. The molecule has 0 aromatic carbocycles. The third kappa shape index (κ3) is 2.06. The Morgan fingerprint density at radius 2 is 2.23 bits per heavy atom. The summed E-state index contributed by atoms with van der Waals surface area (Å²) in [4.78, 5) is 0. The van der Waals surface area contributed by atoms with Gasteiger partial charge in [-0.2, -0.15) is 0 Å². The second kappa shape index (κ2) is 4.37. The van der Waals surface area contributed by atoms with E-state index >= 15 is 0 Å². The van der Waals surface area contributed by atoms with Crippen molar-refractivity contribution in [2.75, 3.05) is 6.54 Å². The number of hydrogen-bond acceptors (Lipinski definition) is 3. The number of rotatable bonds is 4. The fourth-order valence-electron chi connectivity index (χ4n) is 1.33. The van der Waals surface area contributed by atoms with E-state index in [1.807, 2.05) is 4.68 Å². The standard InChI is InChI=1S/C9H18N4/c1-4-7(2)13-8(3)9(5-6-10)11-12-13/h7H,4-6,10H2,1-3H3. The number of nitrogens with zero attached hydrogens (tertiary/aromatic N) is 3. The van der Waals surface area contributed by atoms with Crippen LogP contribution in [0.2, 0.25) is 0 Å². The van der Waals surface area contributed by atoms with Crippen molar-refractivity contribution in [2.45, 2.75) is 39.7 Å². The van der Waals surface area contributed by atoms with E-state index in [2.05, 4.69) is 31.1 Å². The summed E-state index contributed by atoms with van der Waals surface area (Å²) in [6.45, 7) is 6.99. The second-order valence-electron chi connectivity index (χ2n) is 3.36. The Hall–Kier alpha value is -0.900. The largest absolute Gasteiger partial charge is 0.330 e. The van der Waals surface area contributed by atoms with Gasteiger partial charge in [0, 0.05) is 6.42 Å². The summed E-state index contributed by atoms with van der Waals surface area (Å²) in [6, 6.07) is 0.430. The number of aromatic nitrogens is 3. The van der Waals surface area contributed by atoms with Crippen molar-refractivity contribution < 1.29 is 0 Å². The molecule has 0 aliphatic heterocycles. The highest BCUT2D eigenvalue weighted by atomic mass is 15.4. The Kier molecular flexibility index (Phi) is 3.42. The third-order valence-electron chi connectivity index (χ3n) is 2.41. The molecule has 0 fully saturated rings. The van der Waals surface area contributed by atoms with Crippen LogP contribution >= 0.6 is 0 Å². The van der Waals surface area contributed by atoms with Crippen molar-refractivity contribution >= 4 is 0 Å². The first kappa shape index (κ1) is 10.2. The first-order valence-corrected chi connectivity index (χ1v) is 4.81. The molecule has 4 nitrogen and oxygen atoms in total. The van der Waals surface area contributed by atoms with Gasteiger partial charge in [-0.3, -0.25) is 0 Å². The van der Waals surface area contributed by atoms with Crippen LogP contribution in [-0.2, 0) is 6.42 Å². The maximum Gasteiger partial charge on any atom is 0.0868 e. The molecule has 1 atom stereocenters. The molecule has 1 unspecified atom stereocenters. The fourth-order valence-corrected chi connectivity index (χ4v) is 1.33. The summed E-state index contributed by atoms with van der Waals surface area (Å²) in [7, 11) is 0. The first-order chi connectivity index (χ1) is 6.20. The summed E-state index contributed by atoms with van der Waals surface area (Å²) in [5, 5.41) is 8.22. The molecule has 4 heteroatoms. The van der Waals surface area contributed by atoms with Gasteiger partial charge in [0.15, 0.2) is 0 Å². The molecule has 0 spiro atoms. The van der Waals surface area contributed by atoms with E-state index in [-0.39, 0.29) is 0 Å². The topological polar surface area (TPSA) is 56.7 Å². The number of hydrogen-bond donors (Lipinski definition) is 1. The average molecular weight is 182 g/mol. The number of nitrogens with two attached hydrogens (primary N) is 1. The molecule has 0 saturated carbocycles. The molecule has 0 aliphatic carbocycles. The van der Waals surface area contributed by atoms with Crippen LogP contribution in [0, 0.1) is 6.92 Å². The van der Waals surface area contributed by atoms with E-state index in [0.717, 1.165) is 24.2 Å². The SMILES string of the molecule is CCC(C)n1nnc(CCN)c1C. The molecule has 2 N–H and O–H groups in total. The van der Waals surface area contributed by atoms with Gasteiger partial charge in [-0.05, 0) is 26.8 Å². The molecule has 0 bridgehead atoms. The molecule has 0 amide bonds. The minimum absolute atomic E-state index is 0.430. The van der Waals surface area contributed by atoms with Gasteiger partial charge in [-0.25, -0.2) is 4.68 Å². The average Bonchev–Trinajstić information content (AvgIpc) is 2.48. The predicted molar refractivity (Wildman–Crippen MR) is 52.5 cm³/mol. The van der Waals surface area contributed by atoms with Crippen molar-refractivity contribution in [2.24, 2.45) is 5.73 Å². The molecule has 1 heterocycles. The highest BCUT2D eigenvalue weighted by Crippen LogP contribution is 2.13. The molecule has 1 aromatic heterocycles. The first-order valence-electron chi connectivity index (χ1n) is 4.81. The molecule has 0 aliphatic rings. The zero-order valence-corrected chi connectivity index (χ0v) is 8.62. The van der Waals surface area contributed by atoms with Crippen molar-refractivity contribution in [3.05, 3.63) is 11.4 Å². The van der Waals surface area contributed by atoms with Crippen LogP contribution in [0.3, 0.4) is 0 Å².